The zero-order valence-electron chi connectivity index (χ0n) is 7.74. The summed E-state index contributed by atoms with van der Waals surface area (Å²) in [7, 11) is 0. The van der Waals surface area contributed by atoms with Crippen LogP contribution in [0.4, 0.5) is 0 Å². The molecule has 1 aromatic rings. The lowest BCUT2D eigenvalue weighted by molar-refractivity contribution is 0.339. The van der Waals surface area contributed by atoms with Gasteiger partial charge >= 0.3 is 0 Å². The lowest BCUT2D eigenvalue weighted by Gasteiger charge is -2.13. The van der Waals surface area contributed by atoms with Crippen molar-refractivity contribution in [3.05, 3.63) is 18.0 Å². The maximum atomic E-state index is 5.81. The normalized spacial score (nSPS) is 23.9. The third-order valence-corrected chi connectivity index (χ3v) is 2.58. The predicted octanol–water partition coefficient (Wildman–Crippen LogP) is -0.0148. The number of nitrogens with two attached hydrogens (primary N) is 1. The first kappa shape index (κ1) is 8.72. The molecule has 0 saturated carbocycles. The van der Waals surface area contributed by atoms with Crippen molar-refractivity contribution in [1.82, 2.24) is 15.1 Å². The van der Waals surface area contributed by atoms with Gasteiger partial charge in [0.15, 0.2) is 0 Å². The molecule has 2 rings (SSSR count). The highest BCUT2D eigenvalue weighted by Crippen LogP contribution is 2.07. The summed E-state index contributed by atoms with van der Waals surface area (Å²) in [6, 6.07) is 0.393. The van der Waals surface area contributed by atoms with Crippen LogP contribution in [0.3, 0.4) is 0 Å². The Labute approximate surface area is 78.1 Å². The molecule has 0 spiro atoms. The first-order valence-electron chi connectivity index (χ1n) is 4.80. The van der Waals surface area contributed by atoms with Gasteiger partial charge in [0, 0.05) is 25.3 Å². The van der Waals surface area contributed by atoms with E-state index >= 15 is 0 Å². The lowest BCUT2D eigenvalue weighted by atomic mass is 10.2. The van der Waals surface area contributed by atoms with E-state index in [1.807, 2.05) is 12.4 Å². The van der Waals surface area contributed by atoms with Gasteiger partial charge in [-0.2, -0.15) is 5.10 Å². The SMILES string of the molecule is N[C@@H]1CCN(CCc2cn[nH]c2)C1. The molecule has 1 aliphatic rings. The Balaban J connectivity index is 1.74. The van der Waals surface area contributed by atoms with E-state index in [0.717, 1.165) is 32.5 Å². The summed E-state index contributed by atoms with van der Waals surface area (Å²) in [5.74, 6) is 0. The van der Waals surface area contributed by atoms with Crippen LogP contribution in [0.2, 0.25) is 0 Å². The molecule has 4 heteroatoms. The van der Waals surface area contributed by atoms with Crippen LogP contribution >= 0.6 is 0 Å². The van der Waals surface area contributed by atoms with Gasteiger partial charge in [-0.05, 0) is 24.9 Å². The average Bonchev–Trinajstić information content (AvgIpc) is 2.71. The Morgan fingerprint density at radius 3 is 3.23 bits per heavy atom. The highest BCUT2D eigenvalue weighted by molar-refractivity contribution is 5.02. The molecule has 13 heavy (non-hydrogen) atoms. The summed E-state index contributed by atoms with van der Waals surface area (Å²) >= 11 is 0. The molecule has 1 aliphatic heterocycles. The molecule has 1 fully saturated rings. The molecule has 3 N–H and O–H groups in total. The number of aromatic nitrogens is 2. The zero-order valence-corrected chi connectivity index (χ0v) is 7.74. The number of nitrogens with zero attached hydrogens (tertiary/aromatic N) is 2. The number of likely N-dealkylation sites (tertiary alicyclic amines) is 1. The molecule has 2 heterocycles. The third-order valence-electron chi connectivity index (χ3n) is 2.58. The molecule has 0 bridgehead atoms. The molecule has 72 valence electrons. The molecule has 1 atom stereocenters. The lowest BCUT2D eigenvalue weighted by Crippen LogP contribution is -2.28. The number of hydrogen-bond acceptors (Lipinski definition) is 3. The number of hydrogen-bond donors (Lipinski definition) is 2. The topological polar surface area (TPSA) is 57.9 Å². The number of H-pyrrole nitrogens is 1. The summed E-state index contributed by atoms with van der Waals surface area (Å²) < 4.78 is 0. The predicted molar refractivity (Wildman–Crippen MR) is 51.3 cm³/mol. The van der Waals surface area contributed by atoms with E-state index in [9.17, 15) is 0 Å². The van der Waals surface area contributed by atoms with Crippen molar-refractivity contribution in [3.8, 4) is 0 Å². The summed E-state index contributed by atoms with van der Waals surface area (Å²) in [6.45, 7) is 3.31. The quantitative estimate of drug-likeness (QED) is 0.687. The maximum Gasteiger partial charge on any atom is 0.0519 e. The van der Waals surface area contributed by atoms with Crippen molar-refractivity contribution in [1.29, 1.82) is 0 Å². The van der Waals surface area contributed by atoms with Gasteiger partial charge in [0.1, 0.15) is 0 Å². The maximum absolute atomic E-state index is 5.81. The smallest absolute Gasteiger partial charge is 0.0519 e. The molecule has 4 nitrogen and oxygen atoms in total. The van der Waals surface area contributed by atoms with Crippen molar-refractivity contribution < 1.29 is 0 Å². The van der Waals surface area contributed by atoms with Crippen LogP contribution in [-0.2, 0) is 6.42 Å². The number of nitrogens with one attached hydrogen (secondary N) is 1. The summed E-state index contributed by atoms with van der Waals surface area (Å²) in [5.41, 5.74) is 7.09. The molecule has 0 amide bonds. The molecule has 0 radical (unpaired) electrons. The van der Waals surface area contributed by atoms with Crippen LogP contribution in [0, 0.1) is 0 Å². The molecule has 1 aromatic heterocycles. The van der Waals surface area contributed by atoms with Crippen molar-refractivity contribution in [3.63, 3.8) is 0 Å². The Morgan fingerprint density at radius 2 is 2.62 bits per heavy atom. The molecular weight excluding hydrogens is 164 g/mol. The largest absolute Gasteiger partial charge is 0.326 e. The Morgan fingerprint density at radius 1 is 1.69 bits per heavy atom. The van der Waals surface area contributed by atoms with E-state index in [-0.39, 0.29) is 0 Å². The summed E-state index contributed by atoms with van der Waals surface area (Å²) in [6.07, 6.45) is 6.06. The van der Waals surface area contributed by atoms with Crippen molar-refractivity contribution in [2.75, 3.05) is 19.6 Å². The first-order valence-corrected chi connectivity index (χ1v) is 4.80. The highest BCUT2D eigenvalue weighted by atomic mass is 15.2. The van der Waals surface area contributed by atoms with E-state index in [1.165, 1.54) is 5.56 Å². The van der Waals surface area contributed by atoms with Crippen LogP contribution in [-0.4, -0.2) is 40.8 Å². The van der Waals surface area contributed by atoms with Crippen LogP contribution in [0.1, 0.15) is 12.0 Å². The van der Waals surface area contributed by atoms with Crippen LogP contribution in [0.15, 0.2) is 12.4 Å². The minimum Gasteiger partial charge on any atom is -0.326 e. The minimum absolute atomic E-state index is 0.393. The monoisotopic (exact) mass is 180 g/mol. The minimum atomic E-state index is 0.393. The summed E-state index contributed by atoms with van der Waals surface area (Å²) in [4.78, 5) is 2.41. The molecule has 0 unspecified atom stereocenters. The first-order chi connectivity index (χ1) is 6.34. The second-order valence-electron chi connectivity index (χ2n) is 3.71. The third kappa shape index (κ3) is 2.29. The van der Waals surface area contributed by atoms with E-state index in [2.05, 4.69) is 15.1 Å². The number of aromatic amines is 1. The van der Waals surface area contributed by atoms with Gasteiger partial charge in [0.25, 0.3) is 0 Å². The second kappa shape index (κ2) is 3.89. The molecular formula is C9H16N4. The van der Waals surface area contributed by atoms with Gasteiger partial charge in [0.2, 0.25) is 0 Å². The van der Waals surface area contributed by atoms with E-state index in [1.54, 1.807) is 0 Å². The van der Waals surface area contributed by atoms with Gasteiger partial charge in [-0.3, -0.25) is 5.10 Å². The van der Waals surface area contributed by atoms with Crippen LogP contribution in [0.5, 0.6) is 0 Å². The van der Waals surface area contributed by atoms with E-state index in [4.69, 9.17) is 5.73 Å². The van der Waals surface area contributed by atoms with Gasteiger partial charge < -0.3 is 10.6 Å². The highest BCUT2D eigenvalue weighted by Gasteiger charge is 2.18. The molecule has 0 aliphatic carbocycles. The second-order valence-corrected chi connectivity index (χ2v) is 3.71. The fraction of sp³-hybridized carbons (Fsp3) is 0.667. The standard InChI is InChI=1S/C9H16N4/c10-9-2-4-13(7-9)3-1-8-5-11-12-6-8/h5-6,9H,1-4,7,10H2,(H,11,12)/t9-/m1/s1. The van der Waals surface area contributed by atoms with Gasteiger partial charge in [-0.15, -0.1) is 0 Å². The van der Waals surface area contributed by atoms with Crippen LogP contribution < -0.4 is 5.73 Å². The molecule has 0 aromatic carbocycles. The van der Waals surface area contributed by atoms with Gasteiger partial charge in [-0.1, -0.05) is 0 Å². The number of rotatable bonds is 3. The van der Waals surface area contributed by atoms with Crippen molar-refractivity contribution in [2.45, 2.75) is 18.9 Å². The van der Waals surface area contributed by atoms with E-state index < -0.39 is 0 Å². The summed E-state index contributed by atoms with van der Waals surface area (Å²) in [5, 5.41) is 6.73. The average molecular weight is 180 g/mol. The Bertz CT molecular complexity index is 244. The van der Waals surface area contributed by atoms with E-state index in [0.29, 0.717) is 6.04 Å². The van der Waals surface area contributed by atoms with Gasteiger partial charge in [-0.25, -0.2) is 0 Å². The Kier molecular flexibility index (Phi) is 2.61. The van der Waals surface area contributed by atoms with Gasteiger partial charge in [0.05, 0.1) is 6.20 Å². The Hall–Kier alpha value is -0.870. The fourth-order valence-electron chi connectivity index (χ4n) is 1.77. The van der Waals surface area contributed by atoms with Crippen LogP contribution in [0.25, 0.3) is 0 Å². The zero-order chi connectivity index (χ0) is 9.10. The van der Waals surface area contributed by atoms with Crippen molar-refractivity contribution in [2.24, 2.45) is 5.73 Å². The molecule has 1 saturated heterocycles. The fourth-order valence-corrected chi connectivity index (χ4v) is 1.77. The van der Waals surface area contributed by atoms with Crippen molar-refractivity contribution >= 4 is 0 Å².